The number of nitrogens with two attached hydrogens (primary N) is 1. The minimum atomic E-state index is -0.0735. The van der Waals surface area contributed by atoms with E-state index in [1.54, 1.807) is 36.2 Å². The van der Waals surface area contributed by atoms with Gasteiger partial charge in [0, 0.05) is 43.7 Å². The van der Waals surface area contributed by atoms with Crippen molar-refractivity contribution in [3.8, 4) is 0 Å². The average Bonchev–Trinajstić information content (AvgIpc) is 3.17. The van der Waals surface area contributed by atoms with Crippen molar-refractivity contribution in [2.24, 2.45) is 11.7 Å². The van der Waals surface area contributed by atoms with Crippen LogP contribution in [0.1, 0.15) is 39.1 Å². The molecule has 2 atom stereocenters. The molecule has 2 aromatic carbocycles. The Hall–Kier alpha value is -2.37. The predicted molar refractivity (Wildman–Crippen MR) is 114 cm³/mol. The molecule has 0 spiro atoms. The van der Waals surface area contributed by atoms with E-state index < -0.39 is 0 Å². The molecule has 0 aliphatic carbocycles. The topological polar surface area (TPSA) is 66.6 Å². The fourth-order valence-electron chi connectivity index (χ4n) is 3.69. The van der Waals surface area contributed by atoms with Crippen LogP contribution in [-0.2, 0) is 0 Å². The molecule has 28 heavy (non-hydrogen) atoms. The predicted octanol–water partition coefficient (Wildman–Crippen LogP) is 3.01. The Morgan fingerprint density at radius 1 is 1.07 bits per heavy atom. The second-order valence-electron chi connectivity index (χ2n) is 7.12. The molecule has 6 heteroatoms. The van der Waals surface area contributed by atoms with Crippen LogP contribution < -0.4 is 5.73 Å². The van der Waals surface area contributed by atoms with Crippen LogP contribution in [0, 0.1) is 5.92 Å². The molecule has 0 saturated carbocycles. The first kappa shape index (κ1) is 21.9. The van der Waals surface area contributed by atoms with Crippen LogP contribution >= 0.6 is 12.4 Å². The van der Waals surface area contributed by atoms with Gasteiger partial charge in [-0.1, -0.05) is 36.4 Å². The quantitative estimate of drug-likeness (QED) is 0.837. The molecule has 0 bridgehead atoms. The third-order valence-corrected chi connectivity index (χ3v) is 5.44. The van der Waals surface area contributed by atoms with Crippen molar-refractivity contribution in [1.29, 1.82) is 0 Å². The van der Waals surface area contributed by atoms with Gasteiger partial charge in [-0.15, -0.1) is 12.4 Å². The van der Waals surface area contributed by atoms with Crippen molar-refractivity contribution in [3.63, 3.8) is 0 Å². The second kappa shape index (κ2) is 9.71. The molecule has 0 unspecified atom stereocenters. The molecule has 3 rings (SSSR count). The molecule has 2 aromatic rings. The van der Waals surface area contributed by atoms with Gasteiger partial charge in [0.2, 0.25) is 0 Å². The minimum Gasteiger partial charge on any atom is -0.342 e. The van der Waals surface area contributed by atoms with Crippen molar-refractivity contribution in [3.05, 3.63) is 71.3 Å². The van der Waals surface area contributed by atoms with E-state index >= 15 is 0 Å². The summed E-state index contributed by atoms with van der Waals surface area (Å²) < 4.78 is 0. The molecular weight excluding hydrogens is 374 g/mol. The highest BCUT2D eigenvalue weighted by Gasteiger charge is 2.35. The van der Waals surface area contributed by atoms with Crippen molar-refractivity contribution in [2.45, 2.75) is 12.8 Å². The normalized spacial score (nSPS) is 18.5. The van der Waals surface area contributed by atoms with Gasteiger partial charge in [0.05, 0.1) is 0 Å². The van der Waals surface area contributed by atoms with Crippen LogP contribution in [0.4, 0.5) is 0 Å². The van der Waals surface area contributed by atoms with Crippen LogP contribution in [-0.4, -0.2) is 54.8 Å². The smallest absolute Gasteiger partial charge is 0.253 e. The van der Waals surface area contributed by atoms with Crippen molar-refractivity contribution in [1.82, 2.24) is 9.80 Å². The number of rotatable bonds is 5. The number of amides is 2. The summed E-state index contributed by atoms with van der Waals surface area (Å²) in [7, 11) is 1.76. The summed E-state index contributed by atoms with van der Waals surface area (Å²) in [6.45, 7) is 4.39. The second-order valence-corrected chi connectivity index (χ2v) is 7.12. The van der Waals surface area contributed by atoms with Gasteiger partial charge in [-0.05, 0) is 43.1 Å². The average molecular weight is 402 g/mol. The monoisotopic (exact) mass is 401 g/mol. The number of likely N-dealkylation sites (tertiary alicyclic amines) is 1. The molecule has 5 nitrogen and oxygen atoms in total. The minimum absolute atomic E-state index is 0. The molecule has 150 valence electrons. The van der Waals surface area contributed by atoms with E-state index in [2.05, 4.69) is 12.1 Å². The number of carbonyl (C=O) groups excluding carboxylic acids is 2. The zero-order valence-corrected chi connectivity index (χ0v) is 17.2. The van der Waals surface area contributed by atoms with Crippen LogP contribution in [0.25, 0.3) is 0 Å². The van der Waals surface area contributed by atoms with E-state index in [0.717, 1.165) is 0 Å². The molecule has 1 fully saturated rings. The molecule has 2 amide bonds. The highest BCUT2D eigenvalue weighted by Crippen LogP contribution is 2.32. The van der Waals surface area contributed by atoms with Crippen LogP contribution in [0.2, 0.25) is 0 Å². The summed E-state index contributed by atoms with van der Waals surface area (Å²) in [5.74, 6) is 0.375. The molecule has 1 aliphatic heterocycles. The first-order chi connectivity index (χ1) is 13.0. The molecule has 0 radical (unpaired) electrons. The highest BCUT2D eigenvalue weighted by molar-refractivity contribution is 5.99. The SMILES string of the molecule is CCN(C)C(=O)c1cccc(C(=O)N2C[C@@H](CN)[C@H](c3ccccc3)C2)c1.Cl. The molecular formula is C22H28ClN3O2. The van der Waals surface area contributed by atoms with Crippen LogP contribution in [0.15, 0.2) is 54.6 Å². The Bertz CT molecular complexity index is 812. The maximum absolute atomic E-state index is 13.1. The zero-order valence-electron chi connectivity index (χ0n) is 16.4. The fourth-order valence-corrected chi connectivity index (χ4v) is 3.69. The van der Waals surface area contributed by atoms with Crippen molar-refractivity contribution >= 4 is 24.2 Å². The van der Waals surface area contributed by atoms with Gasteiger partial charge >= 0.3 is 0 Å². The lowest BCUT2D eigenvalue weighted by molar-refractivity contribution is 0.0786. The zero-order chi connectivity index (χ0) is 19.4. The Labute approximate surface area is 172 Å². The lowest BCUT2D eigenvalue weighted by atomic mass is 9.89. The summed E-state index contributed by atoms with van der Waals surface area (Å²) in [5.41, 5.74) is 8.30. The fraction of sp³-hybridized carbons (Fsp3) is 0.364. The molecule has 1 saturated heterocycles. The standard InChI is InChI=1S/C22H27N3O2.ClH/c1-3-24(2)21(26)17-10-7-11-18(12-17)22(27)25-14-19(13-23)20(15-25)16-8-5-4-6-9-16;/h4-12,19-20H,3,13-15,23H2,1-2H3;1H/t19-,20+;/m1./s1. The van der Waals surface area contributed by atoms with E-state index in [1.165, 1.54) is 5.56 Å². The third kappa shape index (κ3) is 4.54. The van der Waals surface area contributed by atoms with E-state index in [-0.39, 0.29) is 36.1 Å². The van der Waals surface area contributed by atoms with E-state index in [9.17, 15) is 9.59 Å². The summed E-state index contributed by atoms with van der Waals surface area (Å²) in [6, 6.07) is 17.2. The van der Waals surface area contributed by atoms with Gasteiger partial charge in [-0.2, -0.15) is 0 Å². The summed E-state index contributed by atoms with van der Waals surface area (Å²) in [5, 5.41) is 0. The summed E-state index contributed by atoms with van der Waals surface area (Å²) >= 11 is 0. The molecule has 2 N–H and O–H groups in total. The lowest BCUT2D eigenvalue weighted by Gasteiger charge is -2.18. The summed E-state index contributed by atoms with van der Waals surface area (Å²) in [4.78, 5) is 28.9. The maximum atomic E-state index is 13.1. The molecule has 1 heterocycles. The van der Waals surface area contributed by atoms with Crippen molar-refractivity contribution in [2.75, 3.05) is 33.2 Å². The van der Waals surface area contributed by atoms with E-state index in [0.29, 0.717) is 37.3 Å². The van der Waals surface area contributed by atoms with Gasteiger partial charge < -0.3 is 15.5 Å². The summed E-state index contributed by atoms with van der Waals surface area (Å²) in [6.07, 6.45) is 0. The number of nitrogens with zero attached hydrogens (tertiary/aromatic N) is 2. The maximum Gasteiger partial charge on any atom is 0.253 e. The Kier molecular flexibility index (Phi) is 7.61. The lowest BCUT2D eigenvalue weighted by Crippen LogP contribution is -2.30. The number of halogens is 1. The number of benzene rings is 2. The van der Waals surface area contributed by atoms with E-state index in [1.807, 2.05) is 30.0 Å². The molecule has 1 aliphatic rings. The highest BCUT2D eigenvalue weighted by atomic mass is 35.5. The first-order valence-corrected chi connectivity index (χ1v) is 9.45. The molecule has 0 aromatic heterocycles. The number of carbonyl (C=O) groups is 2. The van der Waals surface area contributed by atoms with Gasteiger partial charge in [0.1, 0.15) is 0 Å². The first-order valence-electron chi connectivity index (χ1n) is 9.45. The number of hydrogen-bond acceptors (Lipinski definition) is 3. The largest absolute Gasteiger partial charge is 0.342 e. The van der Waals surface area contributed by atoms with Crippen LogP contribution in [0.3, 0.4) is 0 Å². The Morgan fingerprint density at radius 2 is 1.75 bits per heavy atom. The van der Waals surface area contributed by atoms with Gasteiger partial charge in [0.15, 0.2) is 0 Å². The van der Waals surface area contributed by atoms with Gasteiger partial charge in [-0.25, -0.2) is 0 Å². The van der Waals surface area contributed by atoms with Gasteiger partial charge in [0.25, 0.3) is 11.8 Å². The van der Waals surface area contributed by atoms with E-state index in [4.69, 9.17) is 5.73 Å². The third-order valence-electron chi connectivity index (χ3n) is 5.44. The van der Waals surface area contributed by atoms with Crippen LogP contribution in [0.5, 0.6) is 0 Å². The number of hydrogen-bond donors (Lipinski definition) is 1. The van der Waals surface area contributed by atoms with Crippen molar-refractivity contribution < 1.29 is 9.59 Å². The van der Waals surface area contributed by atoms with Gasteiger partial charge in [-0.3, -0.25) is 9.59 Å². The Balaban J connectivity index is 0.00000280. The Morgan fingerprint density at radius 3 is 2.39 bits per heavy atom.